The molecule has 1 aliphatic rings. The zero-order chi connectivity index (χ0) is 14.5. The summed E-state index contributed by atoms with van der Waals surface area (Å²) in [6, 6.07) is 6.65. The van der Waals surface area contributed by atoms with E-state index in [2.05, 4.69) is 11.4 Å². The first-order chi connectivity index (χ1) is 9.63. The van der Waals surface area contributed by atoms with E-state index in [1.54, 1.807) is 18.2 Å². The number of nitrogens with one attached hydrogen (secondary N) is 1. The molecule has 0 heterocycles. The lowest BCUT2D eigenvalue weighted by atomic mass is 9.84. The van der Waals surface area contributed by atoms with Crippen molar-refractivity contribution in [1.82, 2.24) is 5.32 Å². The van der Waals surface area contributed by atoms with Gasteiger partial charge in [-0.2, -0.15) is 5.26 Å². The number of nitrogens with zero attached hydrogens (tertiary/aromatic N) is 1. The van der Waals surface area contributed by atoms with Crippen LogP contribution in [0.15, 0.2) is 18.2 Å². The number of halogens is 2. The van der Waals surface area contributed by atoms with E-state index in [1.165, 1.54) is 6.42 Å². The third-order valence-corrected chi connectivity index (χ3v) is 4.56. The van der Waals surface area contributed by atoms with Gasteiger partial charge in [0.1, 0.15) is 6.04 Å². The summed E-state index contributed by atoms with van der Waals surface area (Å²) in [7, 11) is 0. The predicted octanol–water partition coefficient (Wildman–Crippen LogP) is 4.20. The standard InChI is InChI=1S/C15H16Cl2N2O/c16-12-8-4-7-11(14(12)17)15(20)19-13(9-18)10-5-2-1-3-6-10/h4,7-8,10,13H,1-3,5-6H2,(H,19,20). The fraction of sp³-hybridized carbons (Fsp3) is 0.467. The van der Waals surface area contributed by atoms with Crippen molar-refractivity contribution in [3.8, 4) is 6.07 Å². The normalized spacial score (nSPS) is 17.2. The van der Waals surface area contributed by atoms with Gasteiger partial charge in [-0.3, -0.25) is 4.79 Å². The Morgan fingerprint density at radius 1 is 1.30 bits per heavy atom. The van der Waals surface area contributed by atoms with Crippen molar-refractivity contribution in [2.45, 2.75) is 38.1 Å². The lowest BCUT2D eigenvalue weighted by molar-refractivity contribution is 0.0929. The molecule has 0 radical (unpaired) electrons. The SMILES string of the molecule is N#CC(NC(=O)c1cccc(Cl)c1Cl)C1CCCCC1. The smallest absolute Gasteiger partial charge is 0.253 e. The minimum Gasteiger partial charge on any atom is -0.336 e. The number of hydrogen-bond donors (Lipinski definition) is 1. The van der Waals surface area contributed by atoms with Gasteiger partial charge in [0.25, 0.3) is 5.91 Å². The maximum absolute atomic E-state index is 12.2. The molecule has 2 rings (SSSR count). The minimum absolute atomic E-state index is 0.229. The van der Waals surface area contributed by atoms with Gasteiger partial charge < -0.3 is 5.32 Å². The molecule has 5 heteroatoms. The lowest BCUT2D eigenvalue weighted by Crippen LogP contribution is -2.40. The molecule has 0 spiro atoms. The summed E-state index contributed by atoms with van der Waals surface area (Å²) in [6.45, 7) is 0. The van der Waals surface area contributed by atoms with E-state index in [0.717, 1.165) is 25.7 Å². The molecule has 1 unspecified atom stereocenters. The van der Waals surface area contributed by atoms with Crippen LogP contribution in [0, 0.1) is 17.2 Å². The highest BCUT2D eigenvalue weighted by atomic mass is 35.5. The Hall–Kier alpha value is -1.24. The Morgan fingerprint density at radius 3 is 2.65 bits per heavy atom. The Bertz CT molecular complexity index is 533. The van der Waals surface area contributed by atoms with Crippen molar-refractivity contribution in [1.29, 1.82) is 5.26 Å². The molecule has 0 aliphatic heterocycles. The number of nitriles is 1. The van der Waals surface area contributed by atoms with Crippen LogP contribution in [-0.2, 0) is 0 Å². The molecule has 0 aromatic heterocycles. The van der Waals surface area contributed by atoms with Crippen LogP contribution in [0.4, 0.5) is 0 Å². The molecule has 1 aromatic carbocycles. The average molecular weight is 311 g/mol. The van der Waals surface area contributed by atoms with E-state index < -0.39 is 6.04 Å². The molecule has 0 saturated heterocycles. The molecule has 3 nitrogen and oxygen atoms in total. The molecule has 106 valence electrons. The van der Waals surface area contributed by atoms with Crippen molar-refractivity contribution in [2.75, 3.05) is 0 Å². The summed E-state index contributed by atoms with van der Waals surface area (Å²) >= 11 is 11.9. The van der Waals surface area contributed by atoms with Crippen LogP contribution in [0.2, 0.25) is 10.0 Å². The summed E-state index contributed by atoms with van der Waals surface area (Å²) in [5, 5.41) is 12.6. The fourth-order valence-electron chi connectivity index (χ4n) is 2.62. The van der Waals surface area contributed by atoms with E-state index in [4.69, 9.17) is 23.2 Å². The van der Waals surface area contributed by atoms with Crippen LogP contribution in [-0.4, -0.2) is 11.9 Å². The lowest BCUT2D eigenvalue weighted by Gasteiger charge is -2.26. The van der Waals surface area contributed by atoms with Crippen molar-refractivity contribution < 1.29 is 4.79 Å². The molecule has 1 aromatic rings. The first-order valence-electron chi connectivity index (χ1n) is 6.78. The second-order valence-electron chi connectivity index (χ2n) is 5.08. The highest BCUT2D eigenvalue weighted by Gasteiger charge is 2.26. The van der Waals surface area contributed by atoms with Gasteiger partial charge in [0, 0.05) is 0 Å². The Labute approximate surface area is 128 Å². The van der Waals surface area contributed by atoms with E-state index in [9.17, 15) is 10.1 Å². The molecule has 20 heavy (non-hydrogen) atoms. The van der Waals surface area contributed by atoms with Crippen LogP contribution >= 0.6 is 23.2 Å². The quantitative estimate of drug-likeness (QED) is 0.909. The van der Waals surface area contributed by atoms with E-state index in [-0.39, 0.29) is 16.8 Å². The molecular weight excluding hydrogens is 295 g/mol. The van der Waals surface area contributed by atoms with Gasteiger partial charge in [0.15, 0.2) is 0 Å². The van der Waals surface area contributed by atoms with Gasteiger partial charge in [0.05, 0.1) is 21.7 Å². The second kappa shape index (κ2) is 6.97. The van der Waals surface area contributed by atoms with E-state index >= 15 is 0 Å². The molecule has 1 aliphatic carbocycles. The van der Waals surface area contributed by atoms with Crippen LogP contribution in [0.1, 0.15) is 42.5 Å². The second-order valence-corrected chi connectivity index (χ2v) is 5.86. The fourth-order valence-corrected chi connectivity index (χ4v) is 3.01. The van der Waals surface area contributed by atoms with Gasteiger partial charge in [-0.1, -0.05) is 48.5 Å². The summed E-state index contributed by atoms with van der Waals surface area (Å²) < 4.78 is 0. The van der Waals surface area contributed by atoms with Gasteiger partial charge in [-0.25, -0.2) is 0 Å². The van der Waals surface area contributed by atoms with Crippen molar-refractivity contribution >= 4 is 29.1 Å². The first-order valence-corrected chi connectivity index (χ1v) is 7.53. The monoisotopic (exact) mass is 310 g/mol. The van der Waals surface area contributed by atoms with Crippen molar-refractivity contribution in [2.24, 2.45) is 5.92 Å². The maximum atomic E-state index is 12.2. The number of hydrogen-bond acceptors (Lipinski definition) is 2. The van der Waals surface area contributed by atoms with Crippen LogP contribution in [0.25, 0.3) is 0 Å². The van der Waals surface area contributed by atoms with E-state index in [0.29, 0.717) is 10.6 Å². The molecular formula is C15H16Cl2N2O. The third kappa shape index (κ3) is 3.45. The zero-order valence-electron chi connectivity index (χ0n) is 11.0. The number of benzene rings is 1. The number of amides is 1. The summed E-state index contributed by atoms with van der Waals surface area (Å²) in [4.78, 5) is 12.2. The molecule has 1 atom stereocenters. The number of carbonyl (C=O) groups excluding carboxylic acids is 1. The predicted molar refractivity (Wildman–Crippen MR) is 79.9 cm³/mol. The average Bonchev–Trinajstić information content (AvgIpc) is 2.48. The Balaban J connectivity index is 2.09. The van der Waals surface area contributed by atoms with Crippen LogP contribution in [0.5, 0.6) is 0 Å². The molecule has 1 fully saturated rings. The molecule has 0 bridgehead atoms. The summed E-state index contributed by atoms with van der Waals surface area (Å²) in [5.74, 6) is -0.106. The highest BCUT2D eigenvalue weighted by Crippen LogP contribution is 2.28. The van der Waals surface area contributed by atoms with Gasteiger partial charge in [0.2, 0.25) is 0 Å². The van der Waals surface area contributed by atoms with Crippen LogP contribution in [0.3, 0.4) is 0 Å². The van der Waals surface area contributed by atoms with Gasteiger partial charge in [-0.05, 0) is 30.9 Å². The summed E-state index contributed by atoms with van der Waals surface area (Å²) in [6.07, 6.45) is 5.43. The zero-order valence-corrected chi connectivity index (χ0v) is 12.5. The van der Waals surface area contributed by atoms with E-state index in [1.807, 2.05) is 0 Å². The summed E-state index contributed by atoms with van der Waals surface area (Å²) in [5.41, 5.74) is 0.315. The van der Waals surface area contributed by atoms with Crippen molar-refractivity contribution in [3.05, 3.63) is 33.8 Å². The van der Waals surface area contributed by atoms with Crippen LogP contribution < -0.4 is 5.32 Å². The Morgan fingerprint density at radius 2 is 2.00 bits per heavy atom. The minimum atomic E-state index is -0.460. The highest BCUT2D eigenvalue weighted by molar-refractivity contribution is 6.43. The number of carbonyl (C=O) groups is 1. The molecule has 1 amide bonds. The maximum Gasteiger partial charge on any atom is 0.253 e. The molecule has 1 saturated carbocycles. The number of rotatable bonds is 3. The van der Waals surface area contributed by atoms with Crippen molar-refractivity contribution in [3.63, 3.8) is 0 Å². The molecule has 1 N–H and O–H groups in total. The van der Waals surface area contributed by atoms with Gasteiger partial charge >= 0.3 is 0 Å². The first kappa shape index (κ1) is 15.2. The van der Waals surface area contributed by atoms with Gasteiger partial charge in [-0.15, -0.1) is 0 Å². The Kier molecular flexibility index (Phi) is 5.28. The topological polar surface area (TPSA) is 52.9 Å². The largest absolute Gasteiger partial charge is 0.336 e. The third-order valence-electron chi connectivity index (χ3n) is 3.74.